The van der Waals surface area contributed by atoms with E-state index in [0.717, 1.165) is 23.1 Å². The summed E-state index contributed by atoms with van der Waals surface area (Å²) in [5, 5.41) is 3.03. The number of carbonyl (C=O) groups is 2. The fourth-order valence-corrected chi connectivity index (χ4v) is 3.52. The summed E-state index contributed by atoms with van der Waals surface area (Å²) in [5.74, 6) is -0.0888. The first kappa shape index (κ1) is 18.2. The molecule has 0 unspecified atom stereocenters. The van der Waals surface area contributed by atoms with Crippen LogP contribution in [0, 0.1) is 13.8 Å². The van der Waals surface area contributed by atoms with E-state index < -0.39 is 6.04 Å². The van der Waals surface area contributed by atoms with E-state index >= 15 is 0 Å². The van der Waals surface area contributed by atoms with Crippen molar-refractivity contribution in [3.05, 3.63) is 70.3 Å². The predicted octanol–water partition coefficient (Wildman–Crippen LogP) is 3.46. The van der Waals surface area contributed by atoms with Gasteiger partial charge in [-0.2, -0.15) is 0 Å². The predicted molar refractivity (Wildman–Crippen MR) is 103 cm³/mol. The van der Waals surface area contributed by atoms with Crippen LogP contribution in [0.15, 0.2) is 42.5 Å². The topological polar surface area (TPSA) is 49.4 Å². The van der Waals surface area contributed by atoms with Crippen LogP contribution in [0.1, 0.15) is 47.2 Å². The first-order valence-corrected chi connectivity index (χ1v) is 9.22. The van der Waals surface area contributed by atoms with Gasteiger partial charge in [0.15, 0.2) is 0 Å². The van der Waals surface area contributed by atoms with Gasteiger partial charge >= 0.3 is 0 Å². The van der Waals surface area contributed by atoms with Gasteiger partial charge < -0.3 is 10.2 Å². The lowest BCUT2D eigenvalue weighted by molar-refractivity contribution is -0.141. The minimum absolute atomic E-state index is 0.0249. The van der Waals surface area contributed by atoms with Crippen LogP contribution < -0.4 is 5.32 Å². The van der Waals surface area contributed by atoms with Gasteiger partial charge in [-0.15, -0.1) is 0 Å². The van der Waals surface area contributed by atoms with Crippen LogP contribution in [-0.2, 0) is 22.6 Å². The molecule has 2 amide bonds. The fourth-order valence-electron chi connectivity index (χ4n) is 3.52. The lowest BCUT2D eigenvalue weighted by Gasteiger charge is -2.36. The van der Waals surface area contributed by atoms with Crippen molar-refractivity contribution in [2.75, 3.05) is 6.54 Å². The average Bonchev–Trinajstić information content (AvgIpc) is 2.63. The normalized spacial score (nSPS) is 16.3. The van der Waals surface area contributed by atoms with E-state index in [-0.39, 0.29) is 11.8 Å². The van der Waals surface area contributed by atoms with E-state index in [4.69, 9.17) is 0 Å². The van der Waals surface area contributed by atoms with Crippen molar-refractivity contribution in [2.45, 2.75) is 46.2 Å². The third-order valence-corrected chi connectivity index (χ3v) is 5.07. The van der Waals surface area contributed by atoms with E-state index in [9.17, 15) is 9.59 Å². The van der Waals surface area contributed by atoms with E-state index in [1.807, 2.05) is 37.3 Å². The van der Waals surface area contributed by atoms with E-state index in [2.05, 4.69) is 31.3 Å². The third-order valence-electron chi connectivity index (χ3n) is 5.07. The number of carbonyl (C=O) groups excluding carboxylic acids is 2. The van der Waals surface area contributed by atoms with Crippen molar-refractivity contribution in [3.63, 3.8) is 0 Å². The number of nitrogens with zero attached hydrogens (tertiary/aromatic N) is 1. The second-order valence-corrected chi connectivity index (χ2v) is 7.00. The van der Waals surface area contributed by atoms with Crippen LogP contribution in [0.3, 0.4) is 0 Å². The molecule has 4 heteroatoms. The highest BCUT2D eigenvalue weighted by Crippen LogP contribution is 2.30. The summed E-state index contributed by atoms with van der Waals surface area (Å²) in [5.41, 5.74) is 5.41. The Hall–Kier alpha value is -2.62. The summed E-state index contributed by atoms with van der Waals surface area (Å²) >= 11 is 0. The van der Waals surface area contributed by atoms with Crippen molar-refractivity contribution >= 4 is 11.8 Å². The molecular weight excluding hydrogens is 324 g/mol. The van der Waals surface area contributed by atoms with E-state index in [1.54, 1.807) is 4.90 Å². The zero-order valence-electron chi connectivity index (χ0n) is 15.7. The highest BCUT2D eigenvalue weighted by molar-refractivity contribution is 5.92. The first-order chi connectivity index (χ1) is 12.5. The van der Waals surface area contributed by atoms with E-state index in [1.165, 1.54) is 11.1 Å². The maximum Gasteiger partial charge on any atom is 0.247 e. The molecule has 0 fully saturated rings. The van der Waals surface area contributed by atoms with Gasteiger partial charge in [-0.1, -0.05) is 49.4 Å². The van der Waals surface area contributed by atoms with Crippen LogP contribution >= 0.6 is 0 Å². The molecule has 0 radical (unpaired) electrons. The Kier molecular flexibility index (Phi) is 5.40. The molecule has 1 aliphatic heterocycles. The molecule has 4 nitrogen and oxygen atoms in total. The molecule has 2 aromatic carbocycles. The van der Waals surface area contributed by atoms with Crippen LogP contribution in [-0.4, -0.2) is 23.3 Å². The number of aryl methyl sites for hydroxylation is 2. The maximum absolute atomic E-state index is 13.0. The summed E-state index contributed by atoms with van der Waals surface area (Å²) in [6.07, 6.45) is 1.20. The molecule has 0 saturated heterocycles. The molecule has 0 aliphatic carbocycles. The first-order valence-electron chi connectivity index (χ1n) is 9.22. The Balaban J connectivity index is 1.82. The van der Waals surface area contributed by atoms with Crippen LogP contribution in [0.2, 0.25) is 0 Å². The minimum atomic E-state index is -0.543. The summed E-state index contributed by atoms with van der Waals surface area (Å²) in [7, 11) is 0. The number of fused-ring (bicyclic) bond motifs is 1. The Morgan fingerprint density at radius 2 is 1.92 bits per heavy atom. The zero-order valence-corrected chi connectivity index (χ0v) is 15.7. The molecule has 1 heterocycles. The van der Waals surface area contributed by atoms with Gasteiger partial charge in [-0.25, -0.2) is 0 Å². The van der Waals surface area contributed by atoms with Crippen LogP contribution in [0.5, 0.6) is 0 Å². The summed E-state index contributed by atoms with van der Waals surface area (Å²) < 4.78 is 0. The van der Waals surface area contributed by atoms with Gasteiger partial charge in [0.05, 0.1) is 6.42 Å². The molecule has 1 N–H and O–H groups in total. The van der Waals surface area contributed by atoms with Gasteiger partial charge in [-0.3, -0.25) is 9.59 Å². The van der Waals surface area contributed by atoms with Gasteiger partial charge in [0.1, 0.15) is 6.04 Å². The van der Waals surface area contributed by atoms with Crippen molar-refractivity contribution < 1.29 is 9.59 Å². The number of hydrogen-bond donors (Lipinski definition) is 1. The minimum Gasteiger partial charge on any atom is -0.350 e. The Bertz CT molecular complexity index is 829. The Morgan fingerprint density at radius 3 is 2.65 bits per heavy atom. The third kappa shape index (κ3) is 3.64. The number of benzene rings is 2. The highest BCUT2D eigenvalue weighted by atomic mass is 16.2. The average molecular weight is 350 g/mol. The van der Waals surface area contributed by atoms with Gasteiger partial charge in [-0.05, 0) is 48.1 Å². The van der Waals surface area contributed by atoms with Crippen molar-refractivity contribution in [3.8, 4) is 0 Å². The molecule has 0 aromatic heterocycles. The monoisotopic (exact) mass is 350 g/mol. The standard InChI is InChI=1S/C22H26N2O2/c1-4-11-24-20(25)13-18-7-5-6-8-19(18)21(24)22(26)23-14-17-10-9-15(2)16(3)12-17/h5-10,12,21H,4,11,13-14H2,1-3H3,(H,23,26)/t21-/m0/s1. The van der Waals surface area contributed by atoms with Crippen molar-refractivity contribution in [1.29, 1.82) is 0 Å². The zero-order chi connectivity index (χ0) is 18.7. The highest BCUT2D eigenvalue weighted by Gasteiger charge is 2.36. The van der Waals surface area contributed by atoms with Crippen LogP contribution in [0.25, 0.3) is 0 Å². The molecule has 0 spiro atoms. The van der Waals surface area contributed by atoms with E-state index in [0.29, 0.717) is 19.5 Å². The second-order valence-electron chi connectivity index (χ2n) is 7.00. The second kappa shape index (κ2) is 7.73. The molecule has 1 atom stereocenters. The van der Waals surface area contributed by atoms with Gasteiger partial charge in [0.25, 0.3) is 0 Å². The number of rotatable bonds is 5. The van der Waals surface area contributed by atoms with Crippen LogP contribution in [0.4, 0.5) is 0 Å². The molecule has 136 valence electrons. The van der Waals surface area contributed by atoms with Gasteiger partial charge in [0.2, 0.25) is 11.8 Å². The Labute approximate surface area is 155 Å². The molecule has 0 saturated carbocycles. The quantitative estimate of drug-likeness (QED) is 0.898. The molecular formula is C22H26N2O2. The fraction of sp³-hybridized carbons (Fsp3) is 0.364. The lowest BCUT2D eigenvalue weighted by Crippen LogP contribution is -2.47. The number of amides is 2. The summed E-state index contributed by atoms with van der Waals surface area (Å²) in [4.78, 5) is 27.3. The van der Waals surface area contributed by atoms with Crippen molar-refractivity contribution in [1.82, 2.24) is 10.2 Å². The maximum atomic E-state index is 13.0. The summed E-state index contributed by atoms with van der Waals surface area (Å²) in [6.45, 7) is 7.23. The SMILES string of the molecule is CCCN1C(=O)Cc2ccccc2[C@H]1C(=O)NCc1ccc(C)c(C)c1. The van der Waals surface area contributed by atoms with Gasteiger partial charge in [0, 0.05) is 13.1 Å². The molecule has 2 aromatic rings. The smallest absolute Gasteiger partial charge is 0.247 e. The summed E-state index contributed by atoms with van der Waals surface area (Å²) in [6, 6.07) is 13.4. The molecule has 0 bridgehead atoms. The molecule has 26 heavy (non-hydrogen) atoms. The Morgan fingerprint density at radius 1 is 1.15 bits per heavy atom. The van der Waals surface area contributed by atoms with Crippen molar-refractivity contribution in [2.24, 2.45) is 0 Å². The number of nitrogens with one attached hydrogen (secondary N) is 1. The molecule has 1 aliphatic rings. The largest absolute Gasteiger partial charge is 0.350 e. The number of hydrogen-bond acceptors (Lipinski definition) is 2. The molecule has 3 rings (SSSR count). The lowest BCUT2D eigenvalue weighted by atomic mass is 9.91.